The molecule has 0 saturated heterocycles. The molecule has 0 spiro atoms. The Kier molecular flexibility index (Phi) is 6.66. The highest BCUT2D eigenvalue weighted by Gasteiger charge is 2.37. The van der Waals surface area contributed by atoms with Crippen LogP contribution in [0.1, 0.15) is 12.8 Å². The summed E-state index contributed by atoms with van der Waals surface area (Å²) in [6.45, 7) is 0. The highest BCUT2D eigenvalue weighted by atomic mass is 16.5. The van der Waals surface area contributed by atoms with E-state index >= 15 is 0 Å². The number of ether oxygens (including phenoxy) is 1. The first-order valence-electron chi connectivity index (χ1n) is 10.7. The molecule has 0 bridgehead atoms. The van der Waals surface area contributed by atoms with Gasteiger partial charge >= 0.3 is 0 Å². The predicted molar refractivity (Wildman–Crippen MR) is 127 cm³/mol. The first kappa shape index (κ1) is 21.4. The van der Waals surface area contributed by atoms with Gasteiger partial charge in [-0.15, -0.1) is 0 Å². The van der Waals surface area contributed by atoms with Gasteiger partial charge < -0.3 is 10.1 Å². The lowest BCUT2D eigenvalue weighted by molar-refractivity contribution is -0.130. The molecule has 1 N–H and O–H groups in total. The van der Waals surface area contributed by atoms with E-state index in [0.717, 1.165) is 11.4 Å². The predicted octanol–water partition coefficient (Wildman–Crippen LogP) is 5.58. The van der Waals surface area contributed by atoms with Crippen LogP contribution in [-0.4, -0.2) is 18.9 Å². The molecule has 0 unspecified atom stereocenters. The Bertz CT molecular complexity index is 1060. The molecule has 0 heterocycles. The minimum Gasteiger partial charge on any atom is -0.495 e. The number of hydrogen-bond donors (Lipinski definition) is 1. The van der Waals surface area contributed by atoms with Gasteiger partial charge in [-0.2, -0.15) is 0 Å². The highest BCUT2D eigenvalue weighted by molar-refractivity contribution is 6.05. The minimum atomic E-state index is -0.479. The first-order chi connectivity index (χ1) is 15.7. The van der Waals surface area contributed by atoms with Gasteiger partial charge in [-0.05, 0) is 49.2 Å². The lowest BCUT2D eigenvalue weighted by atomic mass is 9.81. The fraction of sp³-hybridized carbons (Fsp3) is 0.185. The van der Waals surface area contributed by atoms with Crippen LogP contribution in [-0.2, 0) is 9.59 Å². The summed E-state index contributed by atoms with van der Waals surface area (Å²) < 4.78 is 5.36. The smallest absolute Gasteiger partial charge is 0.235 e. The maximum atomic E-state index is 13.9. The molecule has 0 fully saturated rings. The van der Waals surface area contributed by atoms with Crippen LogP contribution >= 0.6 is 0 Å². The standard InChI is InChI=1S/C27H26N2O3/c1-32-25-19-11-10-18-24(25)28-26(30)22-16-8-9-17-23(22)27(31)29(20-12-4-2-5-13-20)21-14-6-3-7-15-21/h2-15,18-19,22-23H,16-17H2,1H3,(H,28,30)/t22-,23+/m0/s1. The van der Waals surface area contributed by atoms with Crippen LogP contribution in [0.2, 0.25) is 0 Å². The van der Waals surface area contributed by atoms with Crippen LogP contribution < -0.4 is 15.0 Å². The van der Waals surface area contributed by atoms with E-state index in [-0.39, 0.29) is 11.8 Å². The van der Waals surface area contributed by atoms with Crippen molar-refractivity contribution in [1.29, 1.82) is 0 Å². The fourth-order valence-corrected chi connectivity index (χ4v) is 4.07. The number of anilines is 3. The zero-order valence-electron chi connectivity index (χ0n) is 18.0. The number of hydrogen-bond acceptors (Lipinski definition) is 3. The molecule has 2 amide bonds. The van der Waals surface area contributed by atoms with Gasteiger partial charge in [0.1, 0.15) is 5.75 Å². The van der Waals surface area contributed by atoms with Crippen molar-refractivity contribution in [3.63, 3.8) is 0 Å². The molecule has 1 aliphatic rings. The molecule has 162 valence electrons. The first-order valence-corrected chi connectivity index (χ1v) is 10.7. The number of nitrogens with one attached hydrogen (secondary N) is 1. The van der Waals surface area contributed by atoms with Gasteiger partial charge in [0, 0.05) is 11.4 Å². The van der Waals surface area contributed by atoms with E-state index in [2.05, 4.69) is 5.32 Å². The minimum absolute atomic E-state index is 0.0908. The van der Waals surface area contributed by atoms with Gasteiger partial charge in [-0.1, -0.05) is 60.7 Å². The van der Waals surface area contributed by atoms with Crippen molar-refractivity contribution in [3.8, 4) is 5.75 Å². The third kappa shape index (κ3) is 4.57. The molecule has 5 heteroatoms. The number of carbonyl (C=O) groups is 2. The SMILES string of the molecule is COc1ccccc1NC(=O)[C@H]1CC=CC[C@H]1C(=O)N(c1ccccc1)c1ccccc1. The highest BCUT2D eigenvalue weighted by Crippen LogP contribution is 2.35. The molecule has 0 saturated carbocycles. The number of para-hydroxylation sites is 4. The number of carbonyl (C=O) groups excluding carboxylic acids is 2. The van der Waals surface area contributed by atoms with Gasteiger partial charge in [0.2, 0.25) is 11.8 Å². The number of benzene rings is 3. The van der Waals surface area contributed by atoms with Gasteiger partial charge in [0.05, 0.1) is 24.6 Å². The van der Waals surface area contributed by atoms with Crippen LogP contribution in [0.4, 0.5) is 17.1 Å². The van der Waals surface area contributed by atoms with E-state index in [1.807, 2.05) is 84.9 Å². The third-order valence-corrected chi connectivity index (χ3v) is 5.70. The summed E-state index contributed by atoms with van der Waals surface area (Å²) in [6.07, 6.45) is 4.99. The van der Waals surface area contributed by atoms with Crippen molar-refractivity contribution >= 4 is 28.9 Å². The number of amides is 2. The van der Waals surface area contributed by atoms with E-state index in [9.17, 15) is 9.59 Å². The summed E-state index contributed by atoms with van der Waals surface area (Å²) in [7, 11) is 1.57. The summed E-state index contributed by atoms with van der Waals surface area (Å²) >= 11 is 0. The molecule has 5 nitrogen and oxygen atoms in total. The van der Waals surface area contributed by atoms with Crippen LogP contribution in [0, 0.1) is 11.8 Å². The number of nitrogens with zero attached hydrogens (tertiary/aromatic N) is 1. The molecule has 0 aromatic heterocycles. The summed E-state index contributed by atoms with van der Waals surface area (Å²) in [5.74, 6) is -0.641. The zero-order valence-corrected chi connectivity index (χ0v) is 18.0. The Labute approximate surface area is 188 Å². The molecule has 2 atom stereocenters. The Morgan fingerprint density at radius 2 is 1.31 bits per heavy atom. The number of rotatable bonds is 6. The van der Waals surface area contributed by atoms with Crippen molar-refractivity contribution in [2.24, 2.45) is 11.8 Å². The maximum absolute atomic E-state index is 13.9. The lowest BCUT2D eigenvalue weighted by Gasteiger charge is -2.32. The summed E-state index contributed by atoms with van der Waals surface area (Å²) in [4.78, 5) is 28.9. The summed E-state index contributed by atoms with van der Waals surface area (Å²) in [5, 5.41) is 2.97. The second-order valence-corrected chi connectivity index (χ2v) is 7.69. The molecule has 3 aromatic rings. The van der Waals surface area contributed by atoms with E-state index in [1.165, 1.54) is 0 Å². The molecular weight excluding hydrogens is 400 g/mol. The van der Waals surface area contributed by atoms with E-state index < -0.39 is 11.8 Å². The van der Waals surface area contributed by atoms with Crippen molar-refractivity contribution in [2.45, 2.75) is 12.8 Å². The summed E-state index contributed by atoms with van der Waals surface area (Å²) in [6, 6.07) is 26.4. The van der Waals surface area contributed by atoms with Gasteiger partial charge in [-0.25, -0.2) is 0 Å². The summed E-state index contributed by atoms with van der Waals surface area (Å²) in [5.41, 5.74) is 2.16. The van der Waals surface area contributed by atoms with Crippen molar-refractivity contribution in [3.05, 3.63) is 97.1 Å². The lowest BCUT2D eigenvalue weighted by Crippen LogP contribution is -2.41. The average molecular weight is 427 g/mol. The molecule has 32 heavy (non-hydrogen) atoms. The topological polar surface area (TPSA) is 58.6 Å². The Hall–Kier alpha value is -3.86. The largest absolute Gasteiger partial charge is 0.495 e. The van der Waals surface area contributed by atoms with Crippen LogP contribution in [0.15, 0.2) is 97.1 Å². The van der Waals surface area contributed by atoms with Crippen molar-refractivity contribution < 1.29 is 14.3 Å². The molecular formula is C27H26N2O3. The van der Waals surface area contributed by atoms with Crippen LogP contribution in [0.3, 0.4) is 0 Å². The zero-order chi connectivity index (χ0) is 22.3. The second-order valence-electron chi connectivity index (χ2n) is 7.69. The van der Waals surface area contributed by atoms with Gasteiger partial charge in [0.15, 0.2) is 0 Å². The van der Waals surface area contributed by atoms with E-state index in [1.54, 1.807) is 24.1 Å². The third-order valence-electron chi connectivity index (χ3n) is 5.70. The Morgan fingerprint density at radius 3 is 1.91 bits per heavy atom. The van der Waals surface area contributed by atoms with E-state index in [4.69, 9.17) is 4.74 Å². The fourth-order valence-electron chi connectivity index (χ4n) is 4.07. The van der Waals surface area contributed by atoms with Crippen LogP contribution in [0.25, 0.3) is 0 Å². The maximum Gasteiger partial charge on any atom is 0.235 e. The van der Waals surface area contributed by atoms with E-state index in [0.29, 0.717) is 24.3 Å². The Balaban J connectivity index is 1.64. The normalized spacial score (nSPS) is 17.4. The van der Waals surface area contributed by atoms with Crippen molar-refractivity contribution in [1.82, 2.24) is 0 Å². The molecule has 1 aliphatic carbocycles. The quantitative estimate of drug-likeness (QED) is 0.524. The molecule has 3 aromatic carbocycles. The van der Waals surface area contributed by atoms with Crippen LogP contribution in [0.5, 0.6) is 5.75 Å². The second kappa shape index (κ2) is 9.96. The van der Waals surface area contributed by atoms with Gasteiger partial charge in [0.25, 0.3) is 0 Å². The number of allylic oxidation sites excluding steroid dienone is 2. The van der Waals surface area contributed by atoms with Gasteiger partial charge in [-0.3, -0.25) is 14.5 Å². The van der Waals surface area contributed by atoms with Crippen molar-refractivity contribution in [2.75, 3.05) is 17.3 Å². The monoisotopic (exact) mass is 426 g/mol. The molecule has 4 rings (SSSR count). The number of methoxy groups -OCH3 is 1. The molecule has 0 aliphatic heterocycles. The Morgan fingerprint density at radius 1 is 0.781 bits per heavy atom. The average Bonchev–Trinajstić information content (AvgIpc) is 2.86. The molecule has 0 radical (unpaired) electrons.